The van der Waals surface area contributed by atoms with Gasteiger partial charge in [0.2, 0.25) is 0 Å². The van der Waals surface area contributed by atoms with Gasteiger partial charge in [0.15, 0.2) is 0 Å². The monoisotopic (exact) mass is 232 g/mol. The zero-order valence-electron chi connectivity index (χ0n) is 9.65. The lowest BCUT2D eigenvalue weighted by molar-refractivity contribution is -0.136. The summed E-state index contributed by atoms with van der Waals surface area (Å²) in [5, 5.41) is 11.9. The SMILES string of the molecule is O=C(O)Cc1ccc(NC2=NCCCC2)cc1. The Morgan fingerprint density at radius 2 is 2.06 bits per heavy atom. The molecule has 2 rings (SSSR count). The van der Waals surface area contributed by atoms with Gasteiger partial charge in [-0.05, 0) is 30.5 Å². The van der Waals surface area contributed by atoms with Gasteiger partial charge in [0, 0.05) is 18.7 Å². The Balaban J connectivity index is 1.97. The van der Waals surface area contributed by atoms with Crippen LogP contribution in [-0.2, 0) is 11.2 Å². The maximum Gasteiger partial charge on any atom is 0.307 e. The van der Waals surface area contributed by atoms with Gasteiger partial charge in [0.25, 0.3) is 0 Å². The minimum atomic E-state index is -0.803. The molecule has 0 fully saturated rings. The highest BCUT2D eigenvalue weighted by atomic mass is 16.4. The van der Waals surface area contributed by atoms with Crippen LogP contribution in [-0.4, -0.2) is 23.5 Å². The molecule has 1 aliphatic heterocycles. The molecule has 1 aliphatic rings. The number of nitrogens with one attached hydrogen (secondary N) is 1. The fourth-order valence-electron chi connectivity index (χ4n) is 1.85. The van der Waals surface area contributed by atoms with E-state index in [-0.39, 0.29) is 6.42 Å². The molecule has 1 aromatic carbocycles. The Kier molecular flexibility index (Phi) is 3.75. The van der Waals surface area contributed by atoms with Gasteiger partial charge in [-0.1, -0.05) is 12.1 Å². The number of carboxylic acid groups (broad SMARTS) is 1. The highest BCUT2D eigenvalue weighted by Gasteiger charge is 2.05. The Hall–Kier alpha value is -1.84. The fraction of sp³-hybridized carbons (Fsp3) is 0.385. The minimum Gasteiger partial charge on any atom is -0.481 e. The molecule has 0 saturated carbocycles. The van der Waals surface area contributed by atoms with Crippen LogP contribution in [0.15, 0.2) is 29.3 Å². The van der Waals surface area contributed by atoms with Crippen molar-refractivity contribution in [1.82, 2.24) is 0 Å². The van der Waals surface area contributed by atoms with Crippen molar-refractivity contribution in [3.63, 3.8) is 0 Å². The van der Waals surface area contributed by atoms with Gasteiger partial charge in [-0.15, -0.1) is 0 Å². The number of aliphatic carboxylic acids is 1. The summed E-state index contributed by atoms with van der Waals surface area (Å²) in [6, 6.07) is 7.46. The molecule has 0 atom stereocenters. The number of amidine groups is 1. The maximum atomic E-state index is 10.5. The summed E-state index contributed by atoms with van der Waals surface area (Å²) in [5.74, 6) is 0.226. The molecule has 0 unspecified atom stereocenters. The standard InChI is InChI=1S/C13H16N2O2/c16-13(17)9-10-4-6-11(7-5-10)15-12-3-1-2-8-14-12/h4-7H,1-3,8-9H2,(H,14,15)(H,16,17). The molecule has 0 amide bonds. The molecular weight excluding hydrogens is 216 g/mol. The van der Waals surface area contributed by atoms with Gasteiger partial charge in [-0.25, -0.2) is 0 Å². The van der Waals surface area contributed by atoms with Gasteiger partial charge in [0.1, 0.15) is 5.84 Å². The van der Waals surface area contributed by atoms with Crippen LogP contribution in [0.3, 0.4) is 0 Å². The first kappa shape index (κ1) is 11.6. The number of carbonyl (C=O) groups is 1. The van der Waals surface area contributed by atoms with Gasteiger partial charge in [0.05, 0.1) is 6.42 Å². The molecule has 2 N–H and O–H groups in total. The summed E-state index contributed by atoms with van der Waals surface area (Å²) >= 11 is 0. The van der Waals surface area contributed by atoms with Gasteiger partial charge in [-0.3, -0.25) is 9.79 Å². The number of benzene rings is 1. The van der Waals surface area contributed by atoms with Crippen LogP contribution in [0.1, 0.15) is 24.8 Å². The van der Waals surface area contributed by atoms with Crippen LogP contribution in [0, 0.1) is 0 Å². The predicted octanol–water partition coefficient (Wildman–Crippen LogP) is 2.31. The lowest BCUT2D eigenvalue weighted by Gasteiger charge is -2.14. The van der Waals surface area contributed by atoms with Crippen LogP contribution >= 0.6 is 0 Å². The maximum absolute atomic E-state index is 10.5. The van der Waals surface area contributed by atoms with Crippen molar-refractivity contribution in [3.8, 4) is 0 Å². The Morgan fingerprint density at radius 1 is 1.29 bits per heavy atom. The molecule has 1 aromatic rings. The molecule has 0 saturated heterocycles. The van der Waals surface area contributed by atoms with E-state index in [0.29, 0.717) is 0 Å². The summed E-state index contributed by atoms with van der Waals surface area (Å²) in [6.45, 7) is 0.902. The van der Waals surface area contributed by atoms with Gasteiger partial charge in [-0.2, -0.15) is 0 Å². The highest BCUT2D eigenvalue weighted by molar-refractivity contribution is 5.95. The summed E-state index contributed by atoms with van der Waals surface area (Å²) in [7, 11) is 0. The van der Waals surface area contributed by atoms with E-state index in [0.717, 1.165) is 30.1 Å². The van der Waals surface area contributed by atoms with Crippen molar-refractivity contribution in [1.29, 1.82) is 0 Å². The van der Waals surface area contributed by atoms with Crippen molar-refractivity contribution in [2.75, 3.05) is 11.9 Å². The number of carboxylic acids is 1. The van der Waals surface area contributed by atoms with Crippen LogP contribution in [0.4, 0.5) is 5.69 Å². The number of hydrogen-bond donors (Lipinski definition) is 2. The molecule has 0 aromatic heterocycles. The molecule has 1 heterocycles. The molecule has 90 valence electrons. The summed E-state index contributed by atoms with van der Waals surface area (Å²) in [5.41, 5.74) is 1.79. The Bertz CT molecular complexity index is 424. The van der Waals surface area contributed by atoms with E-state index in [4.69, 9.17) is 5.11 Å². The van der Waals surface area contributed by atoms with E-state index in [2.05, 4.69) is 10.3 Å². The van der Waals surface area contributed by atoms with Crippen LogP contribution in [0.5, 0.6) is 0 Å². The zero-order valence-corrected chi connectivity index (χ0v) is 9.65. The number of rotatable bonds is 3. The first-order chi connectivity index (χ1) is 8.24. The minimum absolute atomic E-state index is 0.0707. The second-order valence-electron chi connectivity index (χ2n) is 4.18. The zero-order chi connectivity index (χ0) is 12.1. The van der Waals surface area contributed by atoms with Crippen molar-refractivity contribution in [3.05, 3.63) is 29.8 Å². The number of aliphatic imine (C=N–C) groups is 1. The highest BCUT2D eigenvalue weighted by Crippen LogP contribution is 2.13. The number of anilines is 1. The third-order valence-electron chi connectivity index (χ3n) is 2.72. The average molecular weight is 232 g/mol. The molecule has 4 heteroatoms. The smallest absolute Gasteiger partial charge is 0.307 e. The van der Waals surface area contributed by atoms with E-state index >= 15 is 0 Å². The van der Waals surface area contributed by atoms with Crippen LogP contribution in [0.2, 0.25) is 0 Å². The molecule has 0 bridgehead atoms. The predicted molar refractivity (Wildman–Crippen MR) is 67.6 cm³/mol. The van der Waals surface area contributed by atoms with E-state index < -0.39 is 5.97 Å². The number of nitrogens with zero attached hydrogens (tertiary/aromatic N) is 1. The molecule has 17 heavy (non-hydrogen) atoms. The van der Waals surface area contributed by atoms with E-state index in [1.807, 2.05) is 24.3 Å². The van der Waals surface area contributed by atoms with E-state index in [9.17, 15) is 4.79 Å². The molecule has 0 aliphatic carbocycles. The average Bonchev–Trinajstić information content (AvgIpc) is 2.32. The lowest BCUT2D eigenvalue weighted by Crippen LogP contribution is -2.16. The summed E-state index contributed by atoms with van der Waals surface area (Å²) < 4.78 is 0. The Morgan fingerprint density at radius 3 is 2.65 bits per heavy atom. The topological polar surface area (TPSA) is 61.7 Å². The first-order valence-electron chi connectivity index (χ1n) is 5.85. The van der Waals surface area contributed by atoms with Crippen molar-refractivity contribution >= 4 is 17.5 Å². The molecule has 4 nitrogen and oxygen atoms in total. The van der Waals surface area contributed by atoms with Crippen LogP contribution in [0.25, 0.3) is 0 Å². The third-order valence-corrected chi connectivity index (χ3v) is 2.72. The largest absolute Gasteiger partial charge is 0.481 e. The van der Waals surface area contributed by atoms with Gasteiger partial charge >= 0.3 is 5.97 Å². The lowest BCUT2D eigenvalue weighted by atomic mass is 10.1. The summed E-state index contributed by atoms with van der Waals surface area (Å²) in [6.07, 6.45) is 3.42. The van der Waals surface area contributed by atoms with Crippen LogP contribution < -0.4 is 5.32 Å². The molecule has 0 spiro atoms. The Labute approximate surface area is 100 Å². The second-order valence-corrected chi connectivity index (χ2v) is 4.18. The third kappa shape index (κ3) is 3.59. The van der Waals surface area contributed by atoms with Crippen molar-refractivity contribution < 1.29 is 9.90 Å². The quantitative estimate of drug-likeness (QED) is 0.840. The van der Waals surface area contributed by atoms with E-state index in [1.54, 1.807) is 0 Å². The van der Waals surface area contributed by atoms with E-state index in [1.165, 1.54) is 12.8 Å². The van der Waals surface area contributed by atoms with Crippen molar-refractivity contribution in [2.24, 2.45) is 4.99 Å². The summed E-state index contributed by atoms with van der Waals surface area (Å²) in [4.78, 5) is 14.9. The normalized spacial score (nSPS) is 15.2. The van der Waals surface area contributed by atoms with Crippen molar-refractivity contribution in [2.45, 2.75) is 25.7 Å². The molecular formula is C13H16N2O2. The number of hydrogen-bond acceptors (Lipinski definition) is 3. The molecule has 0 radical (unpaired) electrons. The van der Waals surface area contributed by atoms with Gasteiger partial charge < -0.3 is 10.4 Å². The first-order valence-corrected chi connectivity index (χ1v) is 5.85. The fourth-order valence-corrected chi connectivity index (χ4v) is 1.85. The second kappa shape index (κ2) is 5.48.